The molecule has 1 amide bonds. The molecule has 0 radical (unpaired) electrons. The van der Waals surface area contributed by atoms with E-state index in [-0.39, 0.29) is 12.0 Å². The van der Waals surface area contributed by atoms with E-state index in [0.29, 0.717) is 25.4 Å². The van der Waals surface area contributed by atoms with Crippen molar-refractivity contribution < 1.29 is 9.53 Å². The van der Waals surface area contributed by atoms with Gasteiger partial charge in [-0.25, -0.2) is 9.97 Å². The van der Waals surface area contributed by atoms with E-state index in [1.807, 2.05) is 41.6 Å². The quantitative estimate of drug-likeness (QED) is 0.842. The first-order chi connectivity index (χ1) is 12.6. The largest absolute Gasteiger partial charge is 0.368 e. The van der Waals surface area contributed by atoms with Gasteiger partial charge in [0.05, 0.1) is 18.8 Å². The van der Waals surface area contributed by atoms with Crippen molar-refractivity contribution >= 4 is 11.9 Å². The second-order valence-electron chi connectivity index (χ2n) is 7.01. The molecule has 7 heteroatoms. The third-order valence-electron chi connectivity index (χ3n) is 5.33. The highest BCUT2D eigenvalue weighted by Gasteiger charge is 2.29. The first-order valence-electron chi connectivity index (χ1n) is 9.24. The fourth-order valence-electron chi connectivity index (χ4n) is 3.61. The summed E-state index contributed by atoms with van der Waals surface area (Å²) in [5, 5.41) is 0. The summed E-state index contributed by atoms with van der Waals surface area (Å²) >= 11 is 0. The Labute approximate surface area is 153 Å². The molecule has 2 aromatic heterocycles. The highest BCUT2D eigenvalue weighted by Crippen LogP contribution is 2.24. The van der Waals surface area contributed by atoms with Crippen molar-refractivity contribution in [2.24, 2.45) is 7.05 Å². The zero-order valence-corrected chi connectivity index (χ0v) is 15.4. The maximum absolute atomic E-state index is 12.9. The van der Waals surface area contributed by atoms with Crippen LogP contribution in [0.2, 0.25) is 0 Å². The molecule has 1 atom stereocenters. The van der Waals surface area contributed by atoms with E-state index >= 15 is 0 Å². The lowest BCUT2D eigenvalue weighted by Gasteiger charge is -2.33. The molecular weight excluding hydrogens is 330 g/mol. The van der Waals surface area contributed by atoms with Crippen LogP contribution in [0.4, 0.5) is 5.95 Å². The number of anilines is 1. The normalized spacial score (nSPS) is 20.6. The van der Waals surface area contributed by atoms with Crippen molar-refractivity contribution in [1.29, 1.82) is 0 Å². The van der Waals surface area contributed by atoms with Crippen molar-refractivity contribution in [3.05, 3.63) is 41.5 Å². The first-order valence-corrected chi connectivity index (χ1v) is 9.24. The standard InChI is InChI=1S/C19H25N5O2/c1-14-5-6-16(22(14)2)18(25)24-11-12-26-17(13-24)15-7-8-20-19(21-15)23-9-3-4-10-23/h5-8,17H,3-4,9-13H2,1-2H3/t17-/m1/s1. The fraction of sp³-hybridized carbons (Fsp3) is 0.526. The molecule has 4 rings (SSSR count). The van der Waals surface area contributed by atoms with E-state index in [2.05, 4.69) is 9.88 Å². The number of morpholine rings is 1. The molecule has 0 N–H and O–H groups in total. The van der Waals surface area contributed by atoms with Crippen molar-refractivity contribution in [3.8, 4) is 0 Å². The van der Waals surface area contributed by atoms with E-state index in [4.69, 9.17) is 9.72 Å². The fourth-order valence-corrected chi connectivity index (χ4v) is 3.61. The Kier molecular flexibility index (Phi) is 4.63. The van der Waals surface area contributed by atoms with Crippen LogP contribution in [0.3, 0.4) is 0 Å². The molecule has 0 spiro atoms. The summed E-state index contributed by atoms with van der Waals surface area (Å²) in [5.74, 6) is 0.813. The average Bonchev–Trinajstić information content (AvgIpc) is 3.33. The van der Waals surface area contributed by atoms with Crippen LogP contribution in [0.15, 0.2) is 24.4 Å². The van der Waals surface area contributed by atoms with Crippen molar-refractivity contribution in [2.75, 3.05) is 37.7 Å². The minimum Gasteiger partial charge on any atom is -0.368 e. The lowest BCUT2D eigenvalue weighted by atomic mass is 10.2. The van der Waals surface area contributed by atoms with Gasteiger partial charge in [-0.05, 0) is 38.0 Å². The minimum atomic E-state index is -0.210. The van der Waals surface area contributed by atoms with Crippen molar-refractivity contribution in [3.63, 3.8) is 0 Å². The van der Waals surface area contributed by atoms with Gasteiger partial charge in [0, 0.05) is 38.6 Å². The summed E-state index contributed by atoms with van der Waals surface area (Å²) in [6.45, 7) is 5.64. The molecule has 2 aliphatic rings. The number of aromatic nitrogens is 3. The number of hydrogen-bond acceptors (Lipinski definition) is 5. The van der Waals surface area contributed by atoms with Crippen LogP contribution in [0.1, 0.15) is 40.8 Å². The summed E-state index contributed by atoms with van der Waals surface area (Å²) in [5.41, 5.74) is 2.63. The molecule has 0 aromatic carbocycles. The Morgan fingerprint density at radius 1 is 1.19 bits per heavy atom. The van der Waals surface area contributed by atoms with E-state index in [9.17, 15) is 4.79 Å². The van der Waals surface area contributed by atoms with Crippen LogP contribution >= 0.6 is 0 Å². The van der Waals surface area contributed by atoms with E-state index in [1.165, 1.54) is 12.8 Å². The molecule has 0 saturated carbocycles. The molecule has 0 unspecified atom stereocenters. The lowest BCUT2D eigenvalue weighted by molar-refractivity contribution is -0.0250. The van der Waals surface area contributed by atoms with Gasteiger partial charge in [-0.15, -0.1) is 0 Å². The monoisotopic (exact) mass is 355 g/mol. The van der Waals surface area contributed by atoms with Crippen LogP contribution in [0.25, 0.3) is 0 Å². The zero-order valence-electron chi connectivity index (χ0n) is 15.4. The smallest absolute Gasteiger partial charge is 0.270 e. The van der Waals surface area contributed by atoms with Crippen molar-refractivity contribution in [1.82, 2.24) is 19.4 Å². The zero-order chi connectivity index (χ0) is 18.1. The lowest BCUT2D eigenvalue weighted by Crippen LogP contribution is -2.43. The molecule has 138 valence electrons. The third-order valence-corrected chi connectivity index (χ3v) is 5.33. The summed E-state index contributed by atoms with van der Waals surface area (Å²) in [4.78, 5) is 26.1. The molecule has 4 heterocycles. The summed E-state index contributed by atoms with van der Waals surface area (Å²) in [7, 11) is 1.92. The van der Waals surface area contributed by atoms with E-state index in [0.717, 1.165) is 30.4 Å². The minimum absolute atomic E-state index is 0.0442. The number of rotatable bonds is 3. The second-order valence-corrected chi connectivity index (χ2v) is 7.01. The molecule has 7 nitrogen and oxygen atoms in total. The molecular formula is C19H25N5O2. The van der Waals surface area contributed by atoms with Gasteiger partial charge in [0.15, 0.2) is 0 Å². The molecule has 2 aliphatic heterocycles. The second kappa shape index (κ2) is 7.07. The highest BCUT2D eigenvalue weighted by molar-refractivity contribution is 5.93. The summed E-state index contributed by atoms with van der Waals surface area (Å²) in [6, 6.07) is 5.75. The maximum atomic E-state index is 12.9. The van der Waals surface area contributed by atoms with Gasteiger partial charge in [-0.1, -0.05) is 0 Å². The number of hydrogen-bond donors (Lipinski definition) is 0. The Morgan fingerprint density at radius 3 is 2.73 bits per heavy atom. The van der Waals surface area contributed by atoms with E-state index in [1.54, 1.807) is 6.20 Å². The molecule has 0 bridgehead atoms. The van der Waals surface area contributed by atoms with Gasteiger partial charge in [-0.2, -0.15) is 0 Å². The molecule has 2 aromatic rings. The van der Waals surface area contributed by atoms with Crippen LogP contribution < -0.4 is 4.90 Å². The SMILES string of the molecule is Cc1ccc(C(=O)N2CCO[C@@H](c3ccnc(N4CCCC4)n3)C2)n1C. The predicted molar refractivity (Wildman–Crippen MR) is 98.2 cm³/mol. The van der Waals surface area contributed by atoms with Gasteiger partial charge >= 0.3 is 0 Å². The number of carbonyl (C=O) groups is 1. The average molecular weight is 355 g/mol. The van der Waals surface area contributed by atoms with Crippen LogP contribution in [0, 0.1) is 6.92 Å². The van der Waals surface area contributed by atoms with Gasteiger partial charge in [0.1, 0.15) is 11.8 Å². The van der Waals surface area contributed by atoms with Gasteiger partial charge in [0.25, 0.3) is 5.91 Å². The molecule has 0 aliphatic carbocycles. The summed E-state index contributed by atoms with van der Waals surface area (Å²) in [6.07, 6.45) is 3.96. The Bertz CT molecular complexity index is 797. The Hall–Kier alpha value is -2.41. The number of carbonyl (C=O) groups excluding carboxylic acids is 1. The number of ether oxygens (including phenoxy) is 1. The topological polar surface area (TPSA) is 63.5 Å². The Morgan fingerprint density at radius 2 is 2.00 bits per heavy atom. The molecule has 26 heavy (non-hydrogen) atoms. The van der Waals surface area contributed by atoms with Crippen LogP contribution in [0.5, 0.6) is 0 Å². The summed E-state index contributed by atoms with van der Waals surface area (Å²) < 4.78 is 7.86. The van der Waals surface area contributed by atoms with Gasteiger partial charge in [0.2, 0.25) is 5.95 Å². The van der Waals surface area contributed by atoms with Crippen molar-refractivity contribution in [2.45, 2.75) is 25.9 Å². The highest BCUT2D eigenvalue weighted by atomic mass is 16.5. The Balaban J connectivity index is 1.51. The maximum Gasteiger partial charge on any atom is 0.270 e. The van der Waals surface area contributed by atoms with Gasteiger partial charge < -0.3 is 19.1 Å². The van der Waals surface area contributed by atoms with Crippen LogP contribution in [-0.2, 0) is 11.8 Å². The number of nitrogens with zero attached hydrogens (tertiary/aromatic N) is 5. The third kappa shape index (κ3) is 3.19. The first kappa shape index (κ1) is 17.0. The number of amides is 1. The molecule has 2 saturated heterocycles. The van der Waals surface area contributed by atoms with Gasteiger partial charge in [-0.3, -0.25) is 4.79 Å². The predicted octanol–water partition coefficient (Wildman–Crippen LogP) is 1.94. The molecule has 2 fully saturated rings. The van der Waals surface area contributed by atoms with E-state index < -0.39 is 0 Å². The number of aryl methyl sites for hydroxylation is 1. The van der Waals surface area contributed by atoms with Crippen LogP contribution in [-0.4, -0.2) is 58.1 Å².